The highest BCUT2D eigenvalue weighted by Gasteiger charge is 2.30. The highest BCUT2D eigenvalue weighted by Crippen LogP contribution is 2.31. The first-order valence-corrected chi connectivity index (χ1v) is 13.2. The number of pyridine rings is 1. The van der Waals surface area contributed by atoms with Crippen LogP contribution < -0.4 is 10.0 Å². The minimum Gasteiger partial charge on any atom is -0.322 e. The Hall–Kier alpha value is -4.70. The lowest BCUT2D eigenvalue weighted by Crippen LogP contribution is -2.15. The first-order valence-electron chi connectivity index (χ1n) is 11.7. The van der Waals surface area contributed by atoms with Crippen LogP contribution in [0.25, 0.3) is 22.2 Å². The van der Waals surface area contributed by atoms with E-state index >= 15 is 0 Å². The lowest BCUT2D eigenvalue weighted by molar-refractivity contribution is -0.137. The first-order chi connectivity index (χ1) is 18.6. The van der Waals surface area contributed by atoms with Gasteiger partial charge in [-0.2, -0.15) is 13.2 Å². The Labute approximate surface area is 222 Å². The number of anilines is 2. The summed E-state index contributed by atoms with van der Waals surface area (Å²) in [6, 6.07) is 27.6. The number of nitrogens with one attached hydrogen (secondary N) is 2. The van der Waals surface area contributed by atoms with Crippen molar-refractivity contribution >= 4 is 38.2 Å². The summed E-state index contributed by atoms with van der Waals surface area (Å²) in [5.74, 6) is -0.413. The normalized spacial score (nSPS) is 11.8. The van der Waals surface area contributed by atoms with Crippen LogP contribution in [-0.2, 0) is 16.2 Å². The summed E-state index contributed by atoms with van der Waals surface area (Å²) >= 11 is 0. The molecule has 0 unspecified atom stereocenters. The van der Waals surface area contributed by atoms with Gasteiger partial charge in [0.25, 0.3) is 15.9 Å². The number of carbonyl (C=O) groups excluding carboxylic acids is 1. The van der Waals surface area contributed by atoms with Gasteiger partial charge in [0, 0.05) is 22.3 Å². The van der Waals surface area contributed by atoms with Gasteiger partial charge in [0.1, 0.15) is 0 Å². The maximum Gasteiger partial charge on any atom is 0.416 e. The Morgan fingerprint density at radius 2 is 1.44 bits per heavy atom. The Morgan fingerprint density at radius 1 is 0.744 bits per heavy atom. The minimum atomic E-state index is -4.61. The second-order valence-electron chi connectivity index (χ2n) is 8.60. The molecule has 39 heavy (non-hydrogen) atoms. The molecule has 0 atom stereocenters. The maximum absolute atomic E-state index is 13.3. The highest BCUT2D eigenvalue weighted by atomic mass is 32.2. The molecule has 10 heteroatoms. The topological polar surface area (TPSA) is 88.2 Å². The van der Waals surface area contributed by atoms with Gasteiger partial charge in [-0.3, -0.25) is 9.52 Å². The molecule has 5 rings (SSSR count). The maximum atomic E-state index is 13.3. The third-order valence-electron chi connectivity index (χ3n) is 5.89. The summed E-state index contributed by atoms with van der Waals surface area (Å²) in [7, 11) is -4.18. The van der Waals surface area contributed by atoms with Crippen molar-refractivity contribution in [1.29, 1.82) is 0 Å². The zero-order valence-electron chi connectivity index (χ0n) is 20.1. The average molecular weight is 548 g/mol. The molecule has 0 saturated heterocycles. The van der Waals surface area contributed by atoms with E-state index in [1.807, 2.05) is 42.5 Å². The van der Waals surface area contributed by atoms with Crippen LogP contribution >= 0.6 is 0 Å². The fraction of sp³-hybridized carbons (Fsp3) is 0.0345. The van der Waals surface area contributed by atoms with Crippen LogP contribution in [0.5, 0.6) is 0 Å². The zero-order chi connectivity index (χ0) is 27.6. The fourth-order valence-electron chi connectivity index (χ4n) is 4.01. The van der Waals surface area contributed by atoms with Gasteiger partial charge in [-0.15, -0.1) is 0 Å². The molecule has 1 heterocycles. The van der Waals surface area contributed by atoms with E-state index in [1.165, 1.54) is 30.3 Å². The van der Waals surface area contributed by atoms with E-state index in [9.17, 15) is 26.4 Å². The van der Waals surface area contributed by atoms with Crippen LogP contribution in [-0.4, -0.2) is 19.3 Å². The lowest BCUT2D eigenvalue weighted by Gasteiger charge is -2.12. The standard InChI is InChI=1S/C29H20F3N3O3S/c30-29(31,32)20-9-6-10-22(17-20)35-39(37,38)23-15-13-21(14-16-23)33-28(36)25-18-27(19-7-2-1-3-8-19)34-26-12-5-4-11-24(25)26/h1-18,35H,(H,33,36). The van der Waals surface area contributed by atoms with E-state index in [-0.39, 0.29) is 10.6 Å². The Kier molecular flexibility index (Phi) is 6.80. The molecule has 1 aromatic heterocycles. The average Bonchev–Trinajstić information content (AvgIpc) is 2.92. The predicted molar refractivity (Wildman–Crippen MR) is 144 cm³/mol. The third-order valence-corrected chi connectivity index (χ3v) is 7.29. The summed E-state index contributed by atoms with van der Waals surface area (Å²) < 4.78 is 66.6. The number of nitrogens with zero attached hydrogens (tertiary/aromatic N) is 1. The van der Waals surface area contributed by atoms with Crippen molar-refractivity contribution in [3.8, 4) is 11.3 Å². The van der Waals surface area contributed by atoms with Gasteiger partial charge < -0.3 is 5.32 Å². The summed E-state index contributed by atoms with van der Waals surface area (Å²) in [6.45, 7) is 0. The number of halogens is 3. The molecule has 0 aliphatic heterocycles. The highest BCUT2D eigenvalue weighted by molar-refractivity contribution is 7.92. The van der Waals surface area contributed by atoms with Crippen LogP contribution in [0.3, 0.4) is 0 Å². The molecule has 0 spiro atoms. The molecule has 0 radical (unpaired) electrons. The molecule has 4 aromatic carbocycles. The smallest absolute Gasteiger partial charge is 0.322 e. The molecule has 2 N–H and O–H groups in total. The van der Waals surface area contributed by atoms with Crippen LogP contribution in [0.4, 0.5) is 24.5 Å². The van der Waals surface area contributed by atoms with Crippen LogP contribution in [0.1, 0.15) is 15.9 Å². The van der Waals surface area contributed by atoms with Crippen LogP contribution in [0.2, 0.25) is 0 Å². The molecular formula is C29H20F3N3O3S. The van der Waals surface area contributed by atoms with Gasteiger partial charge in [0.05, 0.1) is 27.2 Å². The molecule has 0 fully saturated rings. The molecule has 0 aliphatic rings. The number of para-hydroxylation sites is 1. The van der Waals surface area contributed by atoms with Gasteiger partial charge in [0.15, 0.2) is 0 Å². The number of aromatic nitrogens is 1. The number of rotatable bonds is 6. The SMILES string of the molecule is O=C(Nc1ccc(S(=O)(=O)Nc2cccc(C(F)(F)F)c2)cc1)c1cc(-c2ccccc2)nc2ccccc12. The number of amides is 1. The molecule has 0 aliphatic carbocycles. The van der Waals surface area contributed by atoms with E-state index in [2.05, 4.69) is 15.0 Å². The van der Waals surface area contributed by atoms with Gasteiger partial charge in [-0.05, 0) is 54.6 Å². The number of hydrogen-bond acceptors (Lipinski definition) is 4. The number of benzene rings is 4. The second kappa shape index (κ2) is 10.2. The molecule has 6 nitrogen and oxygen atoms in total. The number of hydrogen-bond donors (Lipinski definition) is 2. The van der Waals surface area contributed by atoms with E-state index in [1.54, 1.807) is 18.2 Å². The second-order valence-corrected chi connectivity index (χ2v) is 10.3. The lowest BCUT2D eigenvalue weighted by atomic mass is 10.0. The molecule has 5 aromatic rings. The molecule has 196 valence electrons. The fourth-order valence-corrected chi connectivity index (χ4v) is 5.06. The van der Waals surface area contributed by atoms with E-state index in [4.69, 9.17) is 0 Å². The largest absolute Gasteiger partial charge is 0.416 e. The van der Waals surface area contributed by atoms with E-state index in [0.717, 1.165) is 23.8 Å². The Balaban J connectivity index is 1.38. The van der Waals surface area contributed by atoms with Crippen molar-refractivity contribution in [2.24, 2.45) is 0 Å². The Bertz CT molecular complexity index is 1770. The summed E-state index contributed by atoms with van der Waals surface area (Å²) in [5, 5.41) is 3.43. The summed E-state index contributed by atoms with van der Waals surface area (Å²) in [5.41, 5.74) is 1.65. The molecular weight excluding hydrogens is 527 g/mol. The number of carbonyl (C=O) groups is 1. The van der Waals surface area contributed by atoms with Crippen molar-refractivity contribution in [3.05, 3.63) is 120 Å². The molecule has 1 amide bonds. The van der Waals surface area contributed by atoms with Gasteiger partial charge in [0.2, 0.25) is 0 Å². The monoisotopic (exact) mass is 547 g/mol. The number of alkyl halides is 3. The van der Waals surface area contributed by atoms with E-state index in [0.29, 0.717) is 27.8 Å². The third kappa shape index (κ3) is 5.75. The van der Waals surface area contributed by atoms with Gasteiger partial charge in [-0.1, -0.05) is 54.6 Å². The van der Waals surface area contributed by atoms with Gasteiger partial charge >= 0.3 is 6.18 Å². The number of fused-ring (bicyclic) bond motifs is 1. The van der Waals surface area contributed by atoms with Crippen LogP contribution in [0, 0.1) is 0 Å². The van der Waals surface area contributed by atoms with Crippen LogP contribution in [0.15, 0.2) is 114 Å². The summed E-state index contributed by atoms with van der Waals surface area (Å²) in [4.78, 5) is 17.8. The zero-order valence-corrected chi connectivity index (χ0v) is 20.9. The summed E-state index contributed by atoms with van der Waals surface area (Å²) in [6.07, 6.45) is -4.61. The van der Waals surface area contributed by atoms with Crippen molar-refractivity contribution in [2.45, 2.75) is 11.1 Å². The minimum absolute atomic E-state index is 0.182. The van der Waals surface area contributed by atoms with Gasteiger partial charge in [-0.25, -0.2) is 13.4 Å². The molecule has 0 bridgehead atoms. The van der Waals surface area contributed by atoms with Crippen molar-refractivity contribution in [1.82, 2.24) is 4.98 Å². The Morgan fingerprint density at radius 3 is 2.15 bits per heavy atom. The van der Waals surface area contributed by atoms with Crippen molar-refractivity contribution < 1.29 is 26.4 Å². The van der Waals surface area contributed by atoms with Crippen molar-refractivity contribution in [2.75, 3.05) is 10.0 Å². The first kappa shape index (κ1) is 25.9. The number of sulfonamides is 1. The van der Waals surface area contributed by atoms with Crippen molar-refractivity contribution in [3.63, 3.8) is 0 Å². The molecule has 0 saturated carbocycles. The van der Waals surface area contributed by atoms with E-state index < -0.39 is 27.7 Å². The quantitative estimate of drug-likeness (QED) is 0.240. The predicted octanol–water partition coefficient (Wildman–Crippen LogP) is 6.97.